The summed E-state index contributed by atoms with van der Waals surface area (Å²) in [5.41, 5.74) is 1.23. The average Bonchev–Trinajstić information content (AvgIpc) is 2.62. The minimum absolute atomic E-state index is 0.140. The molecule has 2 rings (SSSR count). The summed E-state index contributed by atoms with van der Waals surface area (Å²) >= 11 is 0. The van der Waals surface area contributed by atoms with Crippen LogP contribution in [0.15, 0.2) is 24.3 Å². The van der Waals surface area contributed by atoms with Gasteiger partial charge >= 0.3 is 0 Å². The van der Waals surface area contributed by atoms with Crippen LogP contribution in [0, 0.1) is 5.92 Å². The SMILES string of the molecule is CCN1CCN(C(CNC(=O)CC(C)C)c2ccc(OC)cc2)CC1. The van der Waals surface area contributed by atoms with E-state index in [0.29, 0.717) is 18.9 Å². The zero-order valence-corrected chi connectivity index (χ0v) is 16.1. The molecule has 1 aromatic rings. The van der Waals surface area contributed by atoms with Gasteiger partial charge < -0.3 is 15.0 Å². The molecule has 0 spiro atoms. The maximum atomic E-state index is 12.1. The van der Waals surface area contributed by atoms with Crippen molar-refractivity contribution < 1.29 is 9.53 Å². The highest BCUT2D eigenvalue weighted by atomic mass is 16.5. The molecule has 1 saturated heterocycles. The molecule has 0 radical (unpaired) electrons. The summed E-state index contributed by atoms with van der Waals surface area (Å²) in [7, 11) is 1.68. The number of rotatable bonds is 8. The van der Waals surface area contributed by atoms with Crippen LogP contribution in [0.4, 0.5) is 0 Å². The van der Waals surface area contributed by atoms with Crippen LogP contribution < -0.4 is 10.1 Å². The van der Waals surface area contributed by atoms with Crippen molar-refractivity contribution in [3.8, 4) is 5.75 Å². The Morgan fingerprint density at radius 3 is 2.32 bits per heavy atom. The number of methoxy groups -OCH3 is 1. The molecule has 1 aliphatic rings. The Morgan fingerprint density at radius 1 is 1.16 bits per heavy atom. The number of carbonyl (C=O) groups excluding carboxylic acids is 1. The third-order valence-corrected chi connectivity index (χ3v) is 4.88. The lowest BCUT2D eigenvalue weighted by Gasteiger charge is -2.39. The molecule has 0 bridgehead atoms. The van der Waals surface area contributed by atoms with Gasteiger partial charge in [-0.2, -0.15) is 0 Å². The number of likely N-dealkylation sites (N-methyl/N-ethyl adjacent to an activating group) is 1. The monoisotopic (exact) mass is 347 g/mol. The number of amides is 1. The second-order valence-corrected chi connectivity index (χ2v) is 7.16. The molecule has 0 aliphatic carbocycles. The Hall–Kier alpha value is -1.59. The van der Waals surface area contributed by atoms with Gasteiger partial charge in [-0.05, 0) is 30.2 Å². The molecule has 1 aromatic carbocycles. The van der Waals surface area contributed by atoms with Gasteiger partial charge in [-0.1, -0.05) is 32.9 Å². The van der Waals surface area contributed by atoms with E-state index in [0.717, 1.165) is 38.5 Å². The lowest BCUT2D eigenvalue weighted by Crippen LogP contribution is -2.49. The summed E-state index contributed by atoms with van der Waals surface area (Å²) in [6.07, 6.45) is 0.582. The Morgan fingerprint density at radius 2 is 1.80 bits per heavy atom. The standard InChI is InChI=1S/C20H33N3O2/c1-5-22-10-12-23(13-11-22)19(15-21-20(24)14-16(2)3)17-6-8-18(25-4)9-7-17/h6-9,16,19H,5,10-15H2,1-4H3,(H,21,24). The van der Waals surface area contributed by atoms with Crippen LogP contribution in [0.25, 0.3) is 0 Å². The van der Waals surface area contributed by atoms with E-state index in [-0.39, 0.29) is 11.9 Å². The number of ether oxygens (including phenoxy) is 1. The van der Waals surface area contributed by atoms with Crippen LogP contribution in [-0.2, 0) is 4.79 Å². The van der Waals surface area contributed by atoms with Crippen LogP contribution >= 0.6 is 0 Å². The zero-order valence-electron chi connectivity index (χ0n) is 16.1. The molecule has 1 unspecified atom stereocenters. The van der Waals surface area contributed by atoms with E-state index in [1.165, 1.54) is 5.56 Å². The molecule has 140 valence electrons. The van der Waals surface area contributed by atoms with Crippen LogP contribution in [0.5, 0.6) is 5.75 Å². The quantitative estimate of drug-likeness (QED) is 0.785. The number of hydrogen-bond acceptors (Lipinski definition) is 4. The van der Waals surface area contributed by atoms with Crippen LogP contribution in [-0.4, -0.2) is 62.1 Å². The predicted octanol–water partition coefficient (Wildman–Crippen LogP) is 2.54. The summed E-state index contributed by atoms with van der Waals surface area (Å²) in [5, 5.41) is 3.14. The first-order valence-corrected chi connectivity index (χ1v) is 9.40. The molecular formula is C20H33N3O2. The average molecular weight is 348 g/mol. The highest BCUT2D eigenvalue weighted by Gasteiger charge is 2.25. The number of carbonyl (C=O) groups is 1. The summed E-state index contributed by atoms with van der Waals surface area (Å²) in [6.45, 7) is 12.4. The van der Waals surface area contributed by atoms with E-state index in [2.05, 4.69) is 48.0 Å². The summed E-state index contributed by atoms with van der Waals surface area (Å²) in [5.74, 6) is 1.38. The van der Waals surface area contributed by atoms with Gasteiger partial charge in [-0.15, -0.1) is 0 Å². The lowest BCUT2D eigenvalue weighted by molar-refractivity contribution is -0.122. The normalized spacial score (nSPS) is 17.5. The summed E-state index contributed by atoms with van der Waals surface area (Å²) in [6, 6.07) is 8.44. The van der Waals surface area contributed by atoms with E-state index in [9.17, 15) is 4.79 Å². The molecule has 25 heavy (non-hydrogen) atoms. The highest BCUT2D eigenvalue weighted by molar-refractivity contribution is 5.76. The number of nitrogens with zero attached hydrogens (tertiary/aromatic N) is 2. The van der Waals surface area contributed by atoms with Gasteiger partial charge in [0.1, 0.15) is 5.75 Å². The Balaban J connectivity index is 2.06. The van der Waals surface area contributed by atoms with Gasteiger partial charge in [0, 0.05) is 39.1 Å². The molecule has 1 amide bonds. The van der Waals surface area contributed by atoms with Gasteiger partial charge in [-0.25, -0.2) is 0 Å². The molecule has 1 aliphatic heterocycles. The lowest BCUT2D eigenvalue weighted by atomic mass is 10.0. The second-order valence-electron chi connectivity index (χ2n) is 7.16. The van der Waals surface area contributed by atoms with E-state index < -0.39 is 0 Å². The van der Waals surface area contributed by atoms with Gasteiger partial charge in [-0.3, -0.25) is 9.69 Å². The largest absolute Gasteiger partial charge is 0.497 e. The van der Waals surface area contributed by atoms with Crippen LogP contribution in [0.1, 0.15) is 38.8 Å². The summed E-state index contributed by atoms with van der Waals surface area (Å²) < 4.78 is 5.27. The number of piperazine rings is 1. The van der Waals surface area contributed by atoms with Crippen molar-refractivity contribution in [2.75, 3.05) is 46.4 Å². The number of benzene rings is 1. The molecule has 5 nitrogen and oxygen atoms in total. The molecule has 1 atom stereocenters. The van der Waals surface area contributed by atoms with Crippen LogP contribution in [0.3, 0.4) is 0 Å². The molecule has 0 aromatic heterocycles. The Kier molecular flexibility index (Phi) is 7.72. The van der Waals surface area contributed by atoms with Crippen molar-refractivity contribution in [3.05, 3.63) is 29.8 Å². The predicted molar refractivity (Wildman–Crippen MR) is 102 cm³/mol. The maximum absolute atomic E-state index is 12.1. The smallest absolute Gasteiger partial charge is 0.220 e. The molecular weight excluding hydrogens is 314 g/mol. The Bertz CT molecular complexity index is 522. The van der Waals surface area contributed by atoms with Gasteiger partial charge in [0.15, 0.2) is 0 Å². The van der Waals surface area contributed by atoms with Crippen molar-refractivity contribution in [1.82, 2.24) is 15.1 Å². The van der Waals surface area contributed by atoms with E-state index in [1.807, 2.05) is 12.1 Å². The third kappa shape index (κ3) is 6.01. The Labute approximate surface area is 152 Å². The first-order valence-electron chi connectivity index (χ1n) is 9.40. The van der Waals surface area contributed by atoms with Crippen molar-refractivity contribution in [2.24, 2.45) is 5.92 Å². The maximum Gasteiger partial charge on any atom is 0.220 e. The highest BCUT2D eigenvalue weighted by Crippen LogP contribution is 2.24. The molecule has 1 N–H and O–H groups in total. The van der Waals surface area contributed by atoms with E-state index in [4.69, 9.17) is 4.74 Å². The van der Waals surface area contributed by atoms with Crippen LogP contribution in [0.2, 0.25) is 0 Å². The second kappa shape index (κ2) is 9.78. The fourth-order valence-electron chi connectivity index (χ4n) is 3.33. The molecule has 0 saturated carbocycles. The number of hydrogen-bond donors (Lipinski definition) is 1. The minimum Gasteiger partial charge on any atom is -0.497 e. The van der Waals surface area contributed by atoms with E-state index >= 15 is 0 Å². The fraction of sp³-hybridized carbons (Fsp3) is 0.650. The molecule has 1 fully saturated rings. The fourth-order valence-corrected chi connectivity index (χ4v) is 3.33. The topological polar surface area (TPSA) is 44.8 Å². The van der Waals surface area contributed by atoms with Gasteiger partial charge in [0.2, 0.25) is 5.91 Å². The first-order chi connectivity index (χ1) is 12.0. The summed E-state index contributed by atoms with van der Waals surface area (Å²) in [4.78, 5) is 17.1. The molecule has 1 heterocycles. The van der Waals surface area contributed by atoms with Crippen molar-refractivity contribution >= 4 is 5.91 Å². The molecule has 5 heteroatoms. The van der Waals surface area contributed by atoms with Crippen molar-refractivity contribution in [1.29, 1.82) is 0 Å². The van der Waals surface area contributed by atoms with E-state index in [1.54, 1.807) is 7.11 Å². The zero-order chi connectivity index (χ0) is 18.2. The minimum atomic E-state index is 0.140. The third-order valence-electron chi connectivity index (χ3n) is 4.88. The number of nitrogens with one attached hydrogen (secondary N) is 1. The van der Waals surface area contributed by atoms with Gasteiger partial charge in [0.05, 0.1) is 13.2 Å². The van der Waals surface area contributed by atoms with Gasteiger partial charge in [0.25, 0.3) is 0 Å². The van der Waals surface area contributed by atoms with Crippen molar-refractivity contribution in [2.45, 2.75) is 33.2 Å². The first kappa shape index (κ1) is 19.7. The van der Waals surface area contributed by atoms with Crippen molar-refractivity contribution in [3.63, 3.8) is 0 Å².